The third-order valence-electron chi connectivity index (χ3n) is 4.09. The summed E-state index contributed by atoms with van der Waals surface area (Å²) < 4.78 is 43.4. The molecule has 1 heterocycles. The normalized spacial score (nSPS) is 11.3. The number of aryl methyl sites for hydroxylation is 2. The monoisotopic (exact) mass is 366 g/mol. The summed E-state index contributed by atoms with van der Waals surface area (Å²) in [5, 5.41) is 0. The van der Waals surface area contributed by atoms with E-state index >= 15 is 0 Å². The van der Waals surface area contributed by atoms with Crippen LogP contribution in [0.4, 0.5) is 17.3 Å². The molecule has 148 valence electrons. The van der Waals surface area contributed by atoms with Gasteiger partial charge in [-0.1, -0.05) is 71.1 Å². The molecule has 0 aliphatic carbocycles. The minimum Gasteiger partial charge on any atom is -0.418 e. The number of imidazole rings is 1. The van der Waals surface area contributed by atoms with Gasteiger partial charge < -0.3 is 17.3 Å². The molecule has 1 aromatic rings. The highest BCUT2D eigenvalue weighted by molar-refractivity contribution is 6.50. The Morgan fingerprint density at radius 1 is 0.760 bits per heavy atom. The first kappa shape index (κ1) is 24.0. The molecule has 0 aromatic carbocycles. The number of hydrogen-bond donors (Lipinski definition) is 0. The molecule has 0 atom stereocenters. The maximum Gasteiger partial charge on any atom is 0.673 e. The lowest BCUT2D eigenvalue weighted by molar-refractivity contribution is -0.696. The number of aromatic nitrogens is 2. The summed E-state index contributed by atoms with van der Waals surface area (Å²) in [6, 6.07) is 0. The maximum absolute atomic E-state index is 9.75. The second-order valence-corrected chi connectivity index (χ2v) is 6.70. The third kappa shape index (κ3) is 21.0. The quantitative estimate of drug-likeness (QED) is 0.167. The van der Waals surface area contributed by atoms with E-state index in [1.807, 2.05) is 0 Å². The van der Waals surface area contributed by atoms with Crippen molar-refractivity contribution in [1.29, 1.82) is 0 Å². The zero-order chi connectivity index (χ0) is 19.0. The van der Waals surface area contributed by atoms with Gasteiger partial charge in [-0.25, -0.2) is 9.13 Å². The van der Waals surface area contributed by atoms with Crippen LogP contribution in [0.1, 0.15) is 84.0 Å². The number of rotatable bonds is 13. The average molecular weight is 366 g/mol. The molecule has 0 spiro atoms. The molecule has 0 N–H and O–H groups in total. The molecular weight excluding hydrogens is 331 g/mol. The van der Waals surface area contributed by atoms with E-state index < -0.39 is 7.25 Å². The largest absolute Gasteiger partial charge is 0.673 e. The first-order chi connectivity index (χ1) is 11.8. The van der Waals surface area contributed by atoms with Gasteiger partial charge in [-0.3, -0.25) is 0 Å². The van der Waals surface area contributed by atoms with Crippen molar-refractivity contribution in [3.05, 3.63) is 18.7 Å². The highest BCUT2D eigenvalue weighted by atomic mass is 19.5. The number of unbranched alkanes of at least 4 members (excludes halogenated alkanes) is 11. The van der Waals surface area contributed by atoms with Crippen molar-refractivity contribution < 1.29 is 21.8 Å². The summed E-state index contributed by atoms with van der Waals surface area (Å²) >= 11 is 0. The van der Waals surface area contributed by atoms with E-state index in [-0.39, 0.29) is 0 Å². The molecule has 0 amide bonds. The molecule has 0 aliphatic heterocycles. The van der Waals surface area contributed by atoms with Crippen molar-refractivity contribution >= 4 is 7.25 Å². The van der Waals surface area contributed by atoms with Gasteiger partial charge in [0.05, 0.1) is 13.6 Å². The molecule has 0 aliphatic rings. The fourth-order valence-electron chi connectivity index (χ4n) is 2.77. The van der Waals surface area contributed by atoms with Crippen molar-refractivity contribution in [3.63, 3.8) is 0 Å². The van der Waals surface area contributed by atoms with Crippen molar-refractivity contribution in [2.24, 2.45) is 7.05 Å². The Bertz CT molecular complexity index is 402. The third-order valence-corrected chi connectivity index (χ3v) is 4.09. The van der Waals surface area contributed by atoms with Crippen LogP contribution in [0.3, 0.4) is 0 Å². The van der Waals surface area contributed by atoms with Crippen molar-refractivity contribution in [2.75, 3.05) is 0 Å². The van der Waals surface area contributed by atoms with Gasteiger partial charge in [0.2, 0.25) is 6.33 Å². The molecular formula is C18H35BF4N2. The summed E-state index contributed by atoms with van der Waals surface area (Å²) in [6.07, 6.45) is 23.6. The van der Waals surface area contributed by atoms with E-state index in [4.69, 9.17) is 0 Å². The Hall–Kier alpha value is -1.01. The standard InChI is InChI=1S/C18H35N2.BF4/c1-3-4-5-6-7-8-9-10-11-12-13-14-15-20-17-16-19(2)18-20;2-1(3,4)5/h16-18H,3-15H2,1-2H3;/q+1;-1. The number of halogens is 4. The summed E-state index contributed by atoms with van der Waals surface area (Å²) in [4.78, 5) is 0. The molecule has 25 heavy (non-hydrogen) atoms. The first-order valence-electron chi connectivity index (χ1n) is 9.71. The predicted octanol–water partition coefficient (Wildman–Crippen LogP) is 6.31. The zero-order valence-corrected chi connectivity index (χ0v) is 15.9. The maximum atomic E-state index is 9.75. The summed E-state index contributed by atoms with van der Waals surface area (Å²) in [5.41, 5.74) is 0. The smallest absolute Gasteiger partial charge is 0.418 e. The summed E-state index contributed by atoms with van der Waals surface area (Å²) in [5.74, 6) is 0. The molecule has 0 radical (unpaired) electrons. The lowest BCUT2D eigenvalue weighted by Crippen LogP contribution is -2.30. The SMILES string of the molecule is CCCCCCCCCCCCCC[n+]1ccn(C)c1.F[B-](F)(F)F. The minimum absolute atomic E-state index is 1.18. The van der Waals surface area contributed by atoms with Crippen LogP contribution in [-0.4, -0.2) is 11.8 Å². The highest BCUT2D eigenvalue weighted by Gasteiger charge is 2.20. The van der Waals surface area contributed by atoms with Crippen LogP contribution >= 0.6 is 0 Å². The van der Waals surface area contributed by atoms with Crippen LogP contribution in [0.5, 0.6) is 0 Å². The first-order valence-corrected chi connectivity index (χ1v) is 9.71. The van der Waals surface area contributed by atoms with Crippen LogP contribution in [0.2, 0.25) is 0 Å². The van der Waals surface area contributed by atoms with E-state index in [0.717, 1.165) is 0 Å². The highest BCUT2D eigenvalue weighted by Crippen LogP contribution is 2.11. The predicted molar refractivity (Wildman–Crippen MR) is 96.9 cm³/mol. The Balaban J connectivity index is 0.00000101. The van der Waals surface area contributed by atoms with E-state index in [2.05, 4.69) is 41.8 Å². The molecule has 0 unspecified atom stereocenters. The molecule has 0 fully saturated rings. The second kappa shape index (κ2) is 15.3. The second-order valence-electron chi connectivity index (χ2n) is 6.70. The van der Waals surface area contributed by atoms with E-state index in [9.17, 15) is 17.3 Å². The zero-order valence-electron chi connectivity index (χ0n) is 15.9. The molecule has 0 bridgehead atoms. The molecule has 1 rings (SSSR count). The number of hydrogen-bond acceptors (Lipinski definition) is 0. The molecule has 7 heteroatoms. The van der Waals surface area contributed by atoms with Gasteiger partial charge in [0.15, 0.2) is 0 Å². The number of nitrogens with zero attached hydrogens (tertiary/aromatic N) is 2. The van der Waals surface area contributed by atoms with Crippen LogP contribution in [0.15, 0.2) is 18.7 Å². The van der Waals surface area contributed by atoms with Gasteiger partial charge in [-0.05, 0) is 12.8 Å². The van der Waals surface area contributed by atoms with Crippen molar-refractivity contribution in [3.8, 4) is 0 Å². The Morgan fingerprint density at radius 3 is 1.52 bits per heavy atom. The minimum atomic E-state index is -6.00. The Labute approximate surface area is 150 Å². The van der Waals surface area contributed by atoms with Gasteiger partial charge >= 0.3 is 7.25 Å². The van der Waals surface area contributed by atoms with Gasteiger partial charge in [-0.15, -0.1) is 0 Å². The summed E-state index contributed by atoms with van der Waals surface area (Å²) in [6.45, 7) is 3.47. The van der Waals surface area contributed by atoms with Crippen molar-refractivity contribution in [1.82, 2.24) is 4.57 Å². The van der Waals surface area contributed by atoms with E-state index in [0.29, 0.717) is 0 Å². The lowest BCUT2D eigenvalue weighted by atomic mass is 10.1. The lowest BCUT2D eigenvalue weighted by Gasteiger charge is -2.02. The molecule has 2 nitrogen and oxygen atoms in total. The van der Waals surface area contributed by atoms with Gasteiger partial charge in [0.25, 0.3) is 0 Å². The topological polar surface area (TPSA) is 8.81 Å². The van der Waals surface area contributed by atoms with Gasteiger partial charge in [-0.2, -0.15) is 0 Å². The summed E-state index contributed by atoms with van der Waals surface area (Å²) in [7, 11) is -3.92. The fraction of sp³-hybridized carbons (Fsp3) is 0.833. The van der Waals surface area contributed by atoms with Crippen molar-refractivity contribution in [2.45, 2.75) is 90.5 Å². The van der Waals surface area contributed by atoms with E-state index in [1.54, 1.807) is 0 Å². The van der Waals surface area contributed by atoms with Crippen LogP contribution in [0, 0.1) is 0 Å². The Morgan fingerprint density at radius 2 is 1.16 bits per heavy atom. The molecule has 0 saturated heterocycles. The van der Waals surface area contributed by atoms with Gasteiger partial charge in [0.1, 0.15) is 12.4 Å². The Kier molecular flexibility index (Phi) is 14.7. The van der Waals surface area contributed by atoms with E-state index in [1.165, 1.54) is 83.6 Å². The van der Waals surface area contributed by atoms with Gasteiger partial charge in [0, 0.05) is 0 Å². The van der Waals surface area contributed by atoms with Crippen LogP contribution in [0.25, 0.3) is 0 Å². The average Bonchev–Trinajstić information content (AvgIpc) is 2.92. The van der Waals surface area contributed by atoms with Crippen LogP contribution in [-0.2, 0) is 13.6 Å². The molecule has 1 aromatic heterocycles. The fourth-order valence-corrected chi connectivity index (χ4v) is 2.77. The molecule has 0 saturated carbocycles. The van der Waals surface area contributed by atoms with Crippen LogP contribution < -0.4 is 4.57 Å².